The van der Waals surface area contributed by atoms with Gasteiger partial charge < -0.3 is 14.8 Å². The number of carbonyl (C=O) groups is 1. The Morgan fingerprint density at radius 3 is 2.88 bits per heavy atom. The van der Waals surface area contributed by atoms with E-state index in [1.165, 1.54) is 25.5 Å². The largest absolute Gasteiger partial charge is 0.478 e. The van der Waals surface area contributed by atoms with Crippen LogP contribution in [0.25, 0.3) is 0 Å². The second kappa shape index (κ2) is 5.14. The normalized spacial score (nSPS) is 17.7. The van der Waals surface area contributed by atoms with Gasteiger partial charge in [0, 0.05) is 11.3 Å². The van der Waals surface area contributed by atoms with Crippen molar-refractivity contribution >= 4 is 17.7 Å². The molecule has 2 N–H and O–H groups in total. The van der Waals surface area contributed by atoms with E-state index in [0.29, 0.717) is 17.1 Å². The first-order chi connectivity index (χ1) is 8.15. The smallest absolute Gasteiger partial charge is 0.338 e. The fraction of sp³-hybridized carbons (Fsp3) is 0.583. The summed E-state index contributed by atoms with van der Waals surface area (Å²) in [6.45, 7) is 1.55. The Morgan fingerprint density at radius 2 is 2.41 bits per heavy atom. The van der Waals surface area contributed by atoms with Crippen molar-refractivity contribution in [2.75, 3.05) is 12.8 Å². The molecule has 0 aromatic carbocycles. The molecule has 1 aliphatic carbocycles. The van der Waals surface area contributed by atoms with Crippen LogP contribution < -0.4 is 5.32 Å². The van der Waals surface area contributed by atoms with Gasteiger partial charge in [-0.2, -0.15) is 11.8 Å². The molecule has 1 aliphatic rings. The Balaban J connectivity index is 1.79. The lowest BCUT2D eigenvalue weighted by Crippen LogP contribution is -2.43. The highest BCUT2D eigenvalue weighted by Crippen LogP contribution is 2.42. The summed E-state index contributed by atoms with van der Waals surface area (Å²) in [5, 5.41) is 12.1. The molecule has 17 heavy (non-hydrogen) atoms. The maximum Gasteiger partial charge on any atom is 0.338 e. The molecule has 94 valence electrons. The molecule has 0 spiro atoms. The minimum absolute atomic E-state index is 0.213. The zero-order valence-electron chi connectivity index (χ0n) is 9.86. The van der Waals surface area contributed by atoms with E-state index in [1.54, 1.807) is 6.07 Å². The van der Waals surface area contributed by atoms with Crippen LogP contribution in [0.5, 0.6) is 0 Å². The molecule has 1 heterocycles. The first-order valence-corrected chi connectivity index (χ1v) is 6.94. The van der Waals surface area contributed by atoms with E-state index >= 15 is 0 Å². The van der Waals surface area contributed by atoms with Crippen molar-refractivity contribution in [3.8, 4) is 0 Å². The lowest BCUT2D eigenvalue weighted by atomic mass is 9.84. The Labute approximate surface area is 105 Å². The standard InChI is InChI=1S/C12H17NO3S/c1-17-12(3-2-4-12)8-13-6-10-5-9(7-16-10)11(14)15/h5,7,13H,2-4,6,8H2,1H3,(H,14,15). The second-order valence-electron chi connectivity index (χ2n) is 4.45. The van der Waals surface area contributed by atoms with Crippen LogP contribution in [0.3, 0.4) is 0 Å². The van der Waals surface area contributed by atoms with Crippen molar-refractivity contribution in [3.05, 3.63) is 23.7 Å². The predicted octanol–water partition coefficient (Wildman–Crippen LogP) is 2.35. The Hall–Kier alpha value is -0.940. The minimum Gasteiger partial charge on any atom is -0.478 e. The molecule has 0 atom stereocenters. The van der Waals surface area contributed by atoms with Crippen LogP contribution in [0.2, 0.25) is 0 Å². The third kappa shape index (κ3) is 2.84. The van der Waals surface area contributed by atoms with E-state index in [1.807, 2.05) is 11.8 Å². The molecular formula is C12H17NO3S. The molecule has 4 nitrogen and oxygen atoms in total. The first kappa shape index (κ1) is 12.5. The number of rotatable bonds is 6. The molecule has 2 rings (SSSR count). The summed E-state index contributed by atoms with van der Waals surface area (Å²) in [5.41, 5.74) is 0.213. The Bertz CT molecular complexity index is 393. The molecule has 0 amide bonds. The maximum absolute atomic E-state index is 10.7. The molecule has 0 bridgehead atoms. The zero-order valence-corrected chi connectivity index (χ0v) is 10.7. The molecule has 1 aromatic rings. The number of thioether (sulfide) groups is 1. The van der Waals surface area contributed by atoms with Gasteiger partial charge in [0.1, 0.15) is 12.0 Å². The van der Waals surface area contributed by atoms with Crippen LogP contribution in [0.4, 0.5) is 0 Å². The van der Waals surface area contributed by atoms with Crippen molar-refractivity contribution in [2.45, 2.75) is 30.6 Å². The first-order valence-electron chi connectivity index (χ1n) is 5.72. The lowest BCUT2D eigenvalue weighted by molar-refractivity contribution is 0.0696. The summed E-state index contributed by atoms with van der Waals surface area (Å²) >= 11 is 1.92. The summed E-state index contributed by atoms with van der Waals surface area (Å²) in [5.74, 6) is -0.266. The van der Waals surface area contributed by atoms with Gasteiger partial charge in [-0.1, -0.05) is 6.42 Å². The van der Waals surface area contributed by atoms with Crippen LogP contribution in [0, 0.1) is 0 Å². The van der Waals surface area contributed by atoms with E-state index < -0.39 is 5.97 Å². The third-order valence-electron chi connectivity index (χ3n) is 3.34. The number of hydrogen-bond donors (Lipinski definition) is 2. The average molecular weight is 255 g/mol. The van der Waals surface area contributed by atoms with Gasteiger partial charge in [0.15, 0.2) is 0 Å². The third-order valence-corrected chi connectivity index (χ3v) is 4.76. The van der Waals surface area contributed by atoms with Gasteiger partial charge in [0.2, 0.25) is 0 Å². The summed E-state index contributed by atoms with van der Waals surface area (Å²) < 4.78 is 5.57. The van der Waals surface area contributed by atoms with E-state index in [9.17, 15) is 4.79 Å². The van der Waals surface area contributed by atoms with Crippen molar-refractivity contribution in [2.24, 2.45) is 0 Å². The van der Waals surface area contributed by atoms with Gasteiger partial charge in [0.25, 0.3) is 0 Å². The van der Waals surface area contributed by atoms with Gasteiger partial charge in [-0.25, -0.2) is 4.79 Å². The van der Waals surface area contributed by atoms with E-state index in [2.05, 4.69) is 11.6 Å². The second-order valence-corrected chi connectivity index (χ2v) is 5.73. The highest BCUT2D eigenvalue weighted by molar-refractivity contribution is 8.00. The molecule has 0 radical (unpaired) electrons. The topological polar surface area (TPSA) is 62.5 Å². The SMILES string of the molecule is CSC1(CNCc2cc(C(=O)O)co2)CCC1. The maximum atomic E-state index is 10.7. The summed E-state index contributed by atoms with van der Waals surface area (Å²) in [4.78, 5) is 10.7. The fourth-order valence-corrected chi connectivity index (χ4v) is 2.97. The summed E-state index contributed by atoms with van der Waals surface area (Å²) in [6.07, 6.45) is 7.27. The Kier molecular flexibility index (Phi) is 3.79. The average Bonchev–Trinajstić information content (AvgIpc) is 2.71. The highest BCUT2D eigenvalue weighted by atomic mass is 32.2. The van der Waals surface area contributed by atoms with Crippen LogP contribution in [-0.2, 0) is 6.54 Å². The fourth-order valence-electron chi connectivity index (χ4n) is 2.02. The van der Waals surface area contributed by atoms with Gasteiger partial charge in [-0.3, -0.25) is 0 Å². The number of aromatic carboxylic acids is 1. The van der Waals surface area contributed by atoms with Crippen molar-refractivity contribution in [1.82, 2.24) is 5.32 Å². The number of furan rings is 1. The van der Waals surface area contributed by atoms with Crippen LogP contribution in [0.15, 0.2) is 16.7 Å². The molecule has 0 saturated heterocycles. The van der Waals surface area contributed by atoms with Crippen LogP contribution in [-0.4, -0.2) is 28.6 Å². The van der Waals surface area contributed by atoms with Gasteiger partial charge in [0.05, 0.1) is 12.1 Å². The summed E-state index contributed by atoms with van der Waals surface area (Å²) in [6, 6.07) is 1.57. The number of carboxylic acid groups (broad SMARTS) is 1. The molecule has 0 unspecified atom stereocenters. The molecule has 1 fully saturated rings. The molecule has 5 heteroatoms. The van der Waals surface area contributed by atoms with E-state index in [0.717, 1.165) is 6.54 Å². The molecule has 1 aromatic heterocycles. The molecular weight excluding hydrogens is 238 g/mol. The zero-order chi connectivity index (χ0) is 12.3. The van der Waals surface area contributed by atoms with Gasteiger partial charge >= 0.3 is 5.97 Å². The van der Waals surface area contributed by atoms with Crippen LogP contribution in [0.1, 0.15) is 35.4 Å². The molecule has 1 saturated carbocycles. The predicted molar refractivity (Wildman–Crippen MR) is 67.5 cm³/mol. The van der Waals surface area contributed by atoms with Crippen LogP contribution >= 0.6 is 11.8 Å². The number of nitrogens with one attached hydrogen (secondary N) is 1. The van der Waals surface area contributed by atoms with Gasteiger partial charge in [-0.15, -0.1) is 0 Å². The Morgan fingerprint density at radius 1 is 1.65 bits per heavy atom. The van der Waals surface area contributed by atoms with E-state index in [4.69, 9.17) is 9.52 Å². The van der Waals surface area contributed by atoms with Crippen molar-refractivity contribution in [1.29, 1.82) is 0 Å². The number of hydrogen-bond acceptors (Lipinski definition) is 4. The quantitative estimate of drug-likeness (QED) is 0.817. The van der Waals surface area contributed by atoms with Crippen molar-refractivity contribution in [3.63, 3.8) is 0 Å². The van der Waals surface area contributed by atoms with Gasteiger partial charge in [-0.05, 0) is 25.2 Å². The summed E-state index contributed by atoms with van der Waals surface area (Å²) in [7, 11) is 0. The molecule has 0 aliphatic heterocycles. The minimum atomic E-state index is -0.945. The lowest BCUT2D eigenvalue weighted by Gasteiger charge is -2.40. The highest BCUT2D eigenvalue weighted by Gasteiger charge is 2.35. The monoisotopic (exact) mass is 255 g/mol. The van der Waals surface area contributed by atoms with Crippen molar-refractivity contribution < 1.29 is 14.3 Å². The van der Waals surface area contributed by atoms with E-state index in [-0.39, 0.29) is 5.56 Å². The number of carboxylic acids is 1.